The van der Waals surface area contributed by atoms with Gasteiger partial charge in [0.15, 0.2) is 0 Å². The van der Waals surface area contributed by atoms with Crippen LogP contribution in [0.3, 0.4) is 0 Å². The van der Waals surface area contributed by atoms with Crippen LogP contribution in [-0.2, 0) is 9.53 Å². The van der Waals surface area contributed by atoms with Crippen molar-refractivity contribution < 1.29 is 14.3 Å². The number of rotatable bonds is 5. The normalized spacial score (nSPS) is 20.1. The van der Waals surface area contributed by atoms with E-state index in [1.165, 1.54) is 37.7 Å². The summed E-state index contributed by atoms with van der Waals surface area (Å²) in [6, 6.07) is 10.5. The Morgan fingerprint density at radius 1 is 1.07 bits per heavy atom. The second-order valence-electron chi connectivity index (χ2n) is 7.76. The van der Waals surface area contributed by atoms with Crippen molar-refractivity contribution >= 4 is 12.0 Å². The number of hydrogen-bond acceptors (Lipinski definition) is 3. The number of benzene rings is 1. The van der Waals surface area contributed by atoms with Gasteiger partial charge in [-0.15, -0.1) is 0 Å². The van der Waals surface area contributed by atoms with E-state index in [-0.39, 0.29) is 24.0 Å². The summed E-state index contributed by atoms with van der Waals surface area (Å²) in [6.07, 6.45) is 7.32. The molecule has 5 heteroatoms. The number of ether oxygens (including phenoxy) is 1. The Morgan fingerprint density at radius 2 is 1.74 bits per heavy atom. The molecule has 1 aliphatic heterocycles. The van der Waals surface area contributed by atoms with Crippen LogP contribution in [0, 0.1) is 11.8 Å². The van der Waals surface area contributed by atoms with E-state index < -0.39 is 0 Å². The smallest absolute Gasteiger partial charge is 0.409 e. The molecule has 27 heavy (non-hydrogen) atoms. The number of piperidine rings is 1. The van der Waals surface area contributed by atoms with Gasteiger partial charge in [0, 0.05) is 19.0 Å². The Kier molecular flexibility index (Phi) is 7.13. The molecule has 2 aliphatic rings. The van der Waals surface area contributed by atoms with E-state index in [1.54, 1.807) is 4.90 Å². The fourth-order valence-corrected chi connectivity index (χ4v) is 4.41. The van der Waals surface area contributed by atoms with E-state index in [9.17, 15) is 9.59 Å². The van der Waals surface area contributed by atoms with Crippen molar-refractivity contribution in [1.29, 1.82) is 0 Å². The molecule has 1 aliphatic carbocycles. The largest absolute Gasteiger partial charge is 0.450 e. The molecule has 1 saturated carbocycles. The first kappa shape index (κ1) is 19.7. The topological polar surface area (TPSA) is 58.6 Å². The van der Waals surface area contributed by atoms with Gasteiger partial charge in [-0.2, -0.15) is 0 Å². The molecular weight excluding hydrogens is 340 g/mol. The first-order valence-corrected chi connectivity index (χ1v) is 10.5. The Bertz CT molecular complexity index is 605. The first-order valence-electron chi connectivity index (χ1n) is 10.5. The molecular formula is C22H32N2O3. The number of nitrogens with zero attached hydrogens (tertiary/aromatic N) is 1. The Labute approximate surface area is 162 Å². The number of likely N-dealkylation sites (tertiary alicyclic amines) is 1. The fraction of sp³-hybridized carbons (Fsp3) is 0.636. The summed E-state index contributed by atoms with van der Waals surface area (Å²) in [5.74, 6) is 0.633. The summed E-state index contributed by atoms with van der Waals surface area (Å²) in [5, 5.41) is 3.37. The third-order valence-electron chi connectivity index (χ3n) is 5.97. The molecule has 0 aromatic heterocycles. The number of amides is 2. The lowest BCUT2D eigenvalue weighted by atomic mass is 9.80. The molecule has 0 spiro atoms. The lowest BCUT2D eigenvalue weighted by Crippen LogP contribution is -2.45. The van der Waals surface area contributed by atoms with Gasteiger partial charge in [0.2, 0.25) is 5.91 Å². The number of hydrogen-bond donors (Lipinski definition) is 1. The summed E-state index contributed by atoms with van der Waals surface area (Å²) in [4.78, 5) is 26.5. The van der Waals surface area contributed by atoms with Crippen LogP contribution in [0.4, 0.5) is 4.79 Å². The molecule has 1 aromatic rings. The average Bonchev–Trinajstić information content (AvgIpc) is 2.73. The molecule has 1 atom stereocenters. The highest BCUT2D eigenvalue weighted by Gasteiger charge is 2.32. The van der Waals surface area contributed by atoms with Crippen molar-refractivity contribution in [2.24, 2.45) is 11.8 Å². The van der Waals surface area contributed by atoms with Crippen LogP contribution in [0.25, 0.3) is 0 Å². The molecule has 1 saturated heterocycles. The average molecular weight is 373 g/mol. The van der Waals surface area contributed by atoms with Gasteiger partial charge in [0.05, 0.1) is 12.6 Å². The van der Waals surface area contributed by atoms with Crippen LogP contribution >= 0.6 is 0 Å². The standard InChI is InChI=1S/C22H32N2O3/c1-2-27-22(26)24-15-13-19(14-16-24)21(25)23-20(17-9-5-3-6-10-17)18-11-7-4-8-12-18/h3,5-6,9-10,18-20H,2,4,7-8,11-16H2,1H3,(H,23,25). The molecule has 2 amide bonds. The predicted molar refractivity (Wildman–Crippen MR) is 105 cm³/mol. The predicted octanol–water partition coefficient (Wildman–Crippen LogP) is 4.29. The molecule has 1 heterocycles. The van der Waals surface area contributed by atoms with Crippen LogP contribution in [0.5, 0.6) is 0 Å². The number of carbonyl (C=O) groups excluding carboxylic acids is 2. The monoisotopic (exact) mass is 372 g/mol. The number of nitrogens with one attached hydrogen (secondary N) is 1. The fourth-order valence-electron chi connectivity index (χ4n) is 4.41. The second kappa shape index (κ2) is 9.77. The van der Waals surface area contributed by atoms with E-state index >= 15 is 0 Å². The van der Waals surface area contributed by atoms with E-state index in [2.05, 4.69) is 29.6 Å². The molecule has 148 valence electrons. The second-order valence-corrected chi connectivity index (χ2v) is 7.76. The third kappa shape index (κ3) is 5.24. The highest BCUT2D eigenvalue weighted by Crippen LogP contribution is 2.35. The van der Waals surface area contributed by atoms with Crippen molar-refractivity contribution in [2.75, 3.05) is 19.7 Å². The zero-order valence-corrected chi connectivity index (χ0v) is 16.4. The van der Waals surface area contributed by atoms with Crippen molar-refractivity contribution in [2.45, 2.75) is 57.9 Å². The minimum absolute atomic E-state index is 0.0227. The maximum atomic E-state index is 13.0. The van der Waals surface area contributed by atoms with Gasteiger partial charge in [-0.1, -0.05) is 49.6 Å². The maximum Gasteiger partial charge on any atom is 0.409 e. The van der Waals surface area contributed by atoms with Crippen molar-refractivity contribution in [3.63, 3.8) is 0 Å². The van der Waals surface area contributed by atoms with Crippen LogP contribution in [0.15, 0.2) is 30.3 Å². The Morgan fingerprint density at radius 3 is 2.37 bits per heavy atom. The van der Waals surface area contributed by atoms with Crippen molar-refractivity contribution in [1.82, 2.24) is 10.2 Å². The first-order chi connectivity index (χ1) is 13.2. The minimum Gasteiger partial charge on any atom is -0.450 e. The molecule has 5 nitrogen and oxygen atoms in total. The summed E-state index contributed by atoms with van der Waals surface area (Å²) in [7, 11) is 0. The highest BCUT2D eigenvalue weighted by molar-refractivity contribution is 5.79. The Balaban J connectivity index is 1.60. The minimum atomic E-state index is -0.263. The van der Waals surface area contributed by atoms with Crippen LogP contribution in [0.1, 0.15) is 63.5 Å². The van der Waals surface area contributed by atoms with Crippen molar-refractivity contribution in [3.8, 4) is 0 Å². The number of carbonyl (C=O) groups is 2. The zero-order valence-electron chi connectivity index (χ0n) is 16.4. The molecule has 1 N–H and O–H groups in total. The summed E-state index contributed by atoms with van der Waals surface area (Å²) >= 11 is 0. The van der Waals surface area contributed by atoms with Gasteiger partial charge in [-0.25, -0.2) is 4.79 Å². The van der Waals surface area contributed by atoms with E-state index in [1.807, 2.05) is 13.0 Å². The van der Waals surface area contributed by atoms with Crippen LogP contribution < -0.4 is 5.32 Å². The quantitative estimate of drug-likeness (QED) is 0.839. The van der Waals surface area contributed by atoms with Gasteiger partial charge in [-0.05, 0) is 44.1 Å². The highest BCUT2D eigenvalue weighted by atomic mass is 16.6. The lowest BCUT2D eigenvalue weighted by molar-refractivity contribution is -0.127. The Hall–Kier alpha value is -2.04. The van der Waals surface area contributed by atoms with E-state index in [0.29, 0.717) is 38.5 Å². The van der Waals surface area contributed by atoms with Gasteiger partial charge >= 0.3 is 6.09 Å². The van der Waals surface area contributed by atoms with Gasteiger partial charge in [-0.3, -0.25) is 4.79 Å². The van der Waals surface area contributed by atoms with Crippen LogP contribution in [-0.4, -0.2) is 36.6 Å². The SMILES string of the molecule is CCOC(=O)N1CCC(C(=O)NC(c2ccccc2)C2CCCCC2)CC1. The van der Waals surface area contributed by atoms with E-state index in [4.69, 9.17) is 4.74 Å². The zero-order chi connectivity index (χ0) is 19.1. The lowest BCUT2D eigenvalue weighted by Gasteiger charge is -2.34. The molecule has 0 radical (unpaired) electrons. The van der Waals surface area contributed by atoms with E-state index in [0.717, 1.165) is 0 Å². The van der Waals surface area contributed by atoms with Gasteiger partial charge in [0.25, 0.3) is 0 Å². The maximum absolute atomic E-state index is 13.0. The van der Waals surface area contributed by atoms with Gasteiger partial charge in [0.1, 0.15) is 0 Å². The third-order valence-corrected chi connectivity index (χ3v) is 5.97. The molecule has 2 fully saturated rings. The summed E-state index contributed by atoms with van der Waals surface area (Å²) < 4.78 is 5.07. The summed E-state index contributed by atoms with van der Waals surface area (Å²) in [5.41, 5.74) is 1.21. The molecule has 0 bridgehead atoms. The molecule has 3 rings (SSSR count). The van der Waals surface area contributed by atoms with Crippen LogP contribution in [0.2, 0.25) is 0 Å². The molecule has 1 aromatic carbocycles. The van der Waals surface area contributed by atoms with Gasteiger partial charge < -0.3 is 15.0 Å². The van der Waals surface area contributed by atoms with Crippen molar-refractivity contribution in [3.05, 3.63) is 35.9 Å². The summed E-state index contributed by atoms with van der Waals surface area (Å²) in [6.45, 7) is 3.39. The molecule has 1 unspecified atom stereocenters.